The number of alkyl halides is 3. The van der Waals surface area contributed by atoms with E-state index in [0.29, 0.717) is 53.6 Å². The Morgan fingerprint density at radius 2 is 1.61 bits per heavy atom. The van der Waals surface area contributed by atoms with Crippen molar-refractivity contribution < 1.29 is 22.4 Å². The minimum atomic E-state index is -4.42. The molecule has 0 unspecified atom stereocenters. The smallest absolute Gasteiger partial charge is 0.368 e. The molecule has 1 fully saturated rings. The predicted octanol–water partition coefficient (Wildman–Crippen LogP) is 4.98. The third-order valence-electron chi connectivity index (χ3n) is 6.33. The summed E-state index contributed by atoms with van der Waals surface area (Å²) in [6.45, 7) is 1.50. The normalized spacial score (nSPS) is 14.2. The highest BCUT2D eigenvalue weighted by Gasteiger charge is 2.31. The summed E-state index contributed by atoms with van der Waals surface area (Å²) in [5.41, 5.74) is 0.344. The lowest BCUT2D eigenvalue weighted by atomic mass is 10.1. The summed E-state index contributed by atoms with van der Waals surface area (Å²) < 4.78 is 54.1. The minimum absolute atomic E-state index is 0.00946. The number of carbonyl (C=O) groups excluding carboxylic acids is 1. The first-order chi connectivity index (χ1) is 18.2. The third-order valence-corrected chi connectivity index (χ3v) is 7.25. The lowest BCUT2D eigenvalue weighted by molar-refractivity contribution is -0.137. The van der Waals surface area contributed by atoms with Crippen LogP contribution in [0.2, 0.25) is 0 Å². The van der Waals surface area contributed by atoms with Crippen LogP contribution in [-0.4, -0.2) is 52.3 Å². The van der Waals surface area contributed by atoms with E-state index < -0.39 is 17.6 Å². The first-order valence-electron chi connectivity index (χ1n) is 11.8. The van der Waals surface area contributed by atoms with Gasteiger partial charge in [-0.05, 0) is 54.6 Å². The zero-order valence-electron chi connectivity index (χ0n) is 20.0. The zero-order valence-corrected chi connectivity index (χ0v) is 20.8. The molecule has 4 aromatic rings. The molecule has 0 atom stereocenters. The van der Waals surface area contributed by atoms with Gasteiger partial charge in [0.05, 0.1) is 27.9 Å². The van der Waals surface area contributed by atoms with Crippen molar-refractivity contribution in [2.45, 2.75) is 11.3 Å². The van der Waals surface area contributed by atoms with Crippen molar-refractivity contribution in [1.29, 1.82) is 0 Å². The summed E-state index contributed by atoms with van der Waals surface area (Å²) in [6, 6.07) is 17.5. The van der Waals surface area contributed by atoms with Gasteiger partial charge in [-0.1, -0.05) is 30.0 Å². The molecule has 1 aromatic heterocycles. The number of anilines is 1. The Kier molecular flexibility index (Phi) is 7.11. The van der Waals surface area contributed by atoms with Gasteiger partial charge in [0, 0.05) is 31.9 Å². The Morgan fingerprint density at radius 1 is 0.895 bits per heavy atom. The fourth-order valence-corrected chi connectivity index (χ4v) is 5.25. The van der Waals surface area contributed by atoms with Crippen LogP contribution in [0.25, 0.3) is 16.6 Å². The van der Waals surface area contributed by atoms with E-state index in [1.807, 2.05) is 4.90 Å². The molecule has 38 heavy (non-hydrogen) atoms. The third kappa shape index (κ3) is 5.38. The lowest BCUT2D eigenvalue weighted by Gasteiger charge is -2.36. The molecule has 11 heteroatoms. The van der Waals surface area contributed by atoms with Crippen molar-refractivity contribution in [1.82, 2.24) is 14.5 Å². The maximum Gasteiger partial charge on any atom is 0.416 e. The fourth-order valence-electron chi connectivity index (χ4n) is 4.34. The molecule has 0 N–H and O–H groups in total. The van der Waals surface area contributed by atoms with Gasteiger partial charge in [0.1, 0.15) is 5.82 Å². The number of hydrogen-bond donors (Lipinski definition) is 0. The van der Waals surface area contributed by atoms with Crippen LogP contribution in [0, 0.1) is 5.82 Å². The number of fused-ring (bicyclic) bond motifs is 1. The van der Waals surface area contributed by atoms with Crippen LogP contribution in [0.5, 0.6) is 0 Å². The topological polar surface area (TPSA) is 58.4 Å². The summed E-state index contributed by atoms with van der Waals surface area (Å²) in [5, 5.41) is 0.703. The Hall–Kier alpha value is -3.86. The molecule has 1 aliphatic rings. The standard InChI is InChI=1S/C27H22F4N4O2S/c28-19-8-10-20(11-9-19)35-25(37)22-6-1-2-7-23(22)32-26(35)38-17-24(36)34-14-12-33(13-15-34)21-5-3-4-18(16-21)27(29,30)31/h1-11,16H,12-15,17H2. The fraction of sp³-hybridized carbons (Fsp3) is 0.222. The van der Waals surface area contributed by atoms with Crippen molar-refractivity contribution in [3.8, 4) is 5.69 Å². The van der Waals surface area contributed by atoms with Gasteiger partial charge >= 0.3 is 6.18 Å². The molecule has 5 rings (SSSR count). The Balaban J connectivity index is 1.30. The van der Waals surface area contributed by atoms with Gasteiger partial charge in [-0.2, -0.15) is 13.2 Å². The number of nitrogens with zero attached hydrogens (tertiary/aromatic N) is 4. The summed E-state index contributed by atoms with van der Waals surface area (Å²) in [7, 11) is 0. The SMILES string of the molecule is O=C(CSc1nc2ccccc2c(=O)n1-c1ccc(F)cc1)N1CCN(c2cccc(C(F)(F)F)c2)CC1. The molecule has 6 nitrogen and oxygen atoms in total. The highest BCUT2D eigenvalue weighted by Crippen LogP contribution is 2.32. The zero-order chi connectivity index (χ0) is 26.9. The number of aromatic nitrogens is 2. The summed E-state index contributed by atoms with van der Waals surface area (Å²) in [6.07, 6.45) is -4.42. The van der Waals surface area contributed by atoms with E-state index in [1.54, 1.807) is 35.2 Å². The van der Waals surface area contributed by atoms with Gasteiger partial charge in [0.2, 0.25) is 5.91 Å². The van der Waals surface area contributed by atoms with Crippen LogP contribution in [-0.2, 0) is 11.0 Å². The molecule has 0 spiro atoms. The molecule has 0 radical (unpaired) electrons. The van der Waals surface area contributed by atoms with Crippen molar-refractivity contribution in [2.75, 3.05) is 36.8 Å². The van der Waals surface area contributed by atoms with Crippen molar-refractivity contribution in [2.24, 2.45) is 0 Å². The average molecular weight is 543 g/mol. The molecule has 0 bridgehead atoms. The summed E-state index contributed by atoms with van der Waals surface area (Å²) in [5.74, 6) is -0.605. The molecular formula is C27H22F4N4O2S. The quantitative estimate of drug-likeness (QED) is 0.202. The Bertz CT molecular complexity index is 1530. The van der Waals surface area contributed by atoms with E-state index in [4.69, 9.17) is 0 Å². The highest BCUT2D eigenvalue weighted by molar-refractivity contribution is 7.99. The molecular weight excluding hydrogens is 520 g/mol. The van der Waals surface area contributed by atoms with Crippen LogP contribution in [0.1, 0.15) is 5.56 Å². The second-order valence-corrected chi connectivity index (χ2v) is 9.68. The van der Waals surface area contributed by atoms with Gasteiger partial charge in [0.25, 0.3) is 5.56 Å². The van der Waals surface area contributed by atoms with Crippen LogP contribution < -0.4 is 10.5 Å². The van der Waals surface area contributed by atoms with Crippen LogP contribution in [0.15, 0.2) is 82.7 Å². The largest absolute Gasteiger partial charge is 0.416 e. The van der Waals surface area contributed by atoms with Gasteiger partial charge in [0.15, 0.2) is 5.16 Å². The maximum absolute atomic E-state index is 13.5. The molecule has 196 valence electrons. The van der Waals surface area contributed by atoms with Crippen molar-refractivity contribution in [3.05, 3.63) is 94.5 Å². The average Bonchev–Trinajstić information content (AvgIpc) is 2.92. The number of carbonyl (C=O) groups is 1. The first-order valence-corrected chi connectivity index (χ1v) is 12.8. The monoisotopic (exact) mass is 542 g/mol. The lowest BCUT2D eigenvalue weighted by Crippen LogP contribution is -2.49. The molecule has 1 saturated heterocycles. The van der Waals surface area contributed by atoms with E-state index in [2.05, 4.69) is 4.98 Å². The van der Waals surface area contributed by atoms with Gasteiger partial charge in [-0.15, -0.1) is 0 Å². The van der Waals surface area contributed by atoms with E-state index in [1.165, 1.54) is 34.9 Å². The number of para-hydroxylation sites is 1. The number of amides is 1. The van der Waals surface area contributed by atoms with Crippen molar-refractivity contribution in [3.63, 3.8) is 0 Å². The molecule has 3 aromatic carbocycles. The van der Waals surface area contributed by atoms with Gasteiger partial charge in [-0.3, -0.25) is 14.2 Å². The van der Waals surface area contributed by atoms with E-state index in [9.17, 15) is 27.2 Å². The van der Waals surface area contributed by atoms with E-state index in [0.717, 1.165) is 23.9 Å². The van der Waals surface area contributed by atoms with Crippen LogP contribution in [0.4, 0.5) is 23.2 Å². The Morgan fingerprint density at radius 3 is 2.32 bits per heavy atom. The predicted molar refractivity (Wildman–Crippen MR) is 138 cm³/mol. The number of thioether (sulfide) groups is 1. The molecule has 0 saturated carbocycles. The molecule has 0 aliphatic carbocycles. The number of hydrogen-bond acceptors (Lipinski definition) is 5. The highest BCUT2D eigenvalue weighted by atomic mass is 32.2. The number of piperazine rings is 1. The molecule has 1 aliphatic heterocycles. The molecule has 2 heterocycles. The van der Waals surface area contributed by atoms with Crippen LogP contribution >= 0.6 is 11.8 Å². The van der Waals surface area contributed by atoms with E-state index >= 15 is 0 Å². The van der Waals surface area contributed by atoms with Gasteiger partial charge in [-0.25, -0.2) is 9.37 Å². The maximum atomic E-state index is 13.5. The Labute approximate surface area is 219 Å². The second kappa shape index (κ2) is 10.5. The van der Waals surface area contributed by atoms with E-state index in [-0.39, 0.29) is 17.2 Å². The van der Waals surface area contributed by atoms with Crippen LogP contribution in [0.3, 0.4) is 0 Å². The number of halogens is 4. The summed E-state index contributed by atoms with van der Waals surface area (Å²) >= 11 is 1.11. The van der Waals surface area contributed by atoms with Crippen molar-refractivity contribution >= 4 is 34.3 Å². The summed E-state index contributed by atoms with van der Waals surface area (Å²) in [4.78, 5) is 34.4. The molecule has 1 amide bonds. The minimum Gasteiger partial charge on any atom is -0.368 e. The van der Waals surface area contributed by atoms with Gasteiger partial charge < -0.3 is 9.80 Å². The number of benzene rings is 3. The second-order valence-electron chi connectivity index (χ2n) is 8.73. The first kappa shape index (κ1) is 25.8. The number of rotatable bonds is 5.